The average molecular weight is 270 g/mol. The summed E-state index contributed by atoms with van der Waals surface area (Å²) in [4.78, 5) is 4.37. The second-order valence-corrected chi connectivity index (χ2v) is 4.80. The van der Waals surface area contributed by atoms with E-state index in [2.05, 4.69) is 22.4 Å². The molecule has 0 fully saturated rings. The molecule has 2 aromatic rings. The lowest BCUT2D eigenvalue weighted by Crippen LogP contribution is -2.20. The molecule has 1 aromatic heterocycles. The topological polar surface area (TPSA) is 43.4 Å². The van der Waals surface area contributed by atoms with Crippen molar-refractivity contribution in [3.63, 3.8) is 0 Å². The predicted octanol–water partition coefficient (Wildman–Crippen LogP) is 2.47. The lowest BCUT2D eigenvalue weighted by molar-refractivity contribution is 0.171. The van der Waals surface area contributed by atoms with E-state index in [0.717, 1.165) is 22.8 Å². The fraction of sp³-hybridized carbons (Fsp3) is 0.312. The average Bonchev–Trinajstić information content (AvgIpc) is 2.50. The molecule has 1 atom stereocenters. The van der Waals surface area contributed by atoms with Crippen LogP contribution in [0.5, 0.6) is 11.5 Å². The number of nitrogens with zero attached hydrogens (tertiary/aromatic N) is 1. The van der Waals surface area contributed by atoms with Crippen LogP contribution >= 0.6 is 0 Å². The summed E-state index contributed by atoms with van der Waals surface area (Å²) < 4.78 is 11.2. The zero-order chi connectivity index (χ0) is 13.9. The molecular formula is C16H18N2O2. The van der Waals surface area contributed by atoms with Crippen LogP contribution in [0.3, 0.4) is 0 Å². The highest BCUT2D eigenvalue weighted by atomic mass is 16.6. The summed E-state index contributed by atoms with van der Waals surface area (Å²) >= 11 is 0. The Kier molecular flexibility index (Phi) is 3.56. The van der Waals surface area contributed by atoms with Gasteiger partial charge in [-0.05, 0) is 43.3 Å². The van der Waals surface area contributed by atoms with E-state index in [9.17, 15) is 0 Å². The first-order valence-electron chi connectivity index (χ1n) is 6.78. The van der Waals surface area contributed by atoms with Crippen LogP contribution in [0.25, 0.3) is 0 Å². The van der Waals surface area contributed by atoms with Crippen LogP contribution in [-0.2, 0) is 0 Å². The second-order valence-electron chi connectivity index (χ2n) is 4.80. The minimum atomic E-state index is 0.0968. The van der Waals surface area contributed by atoms with Crippen LogP contribution < -0.4 is 14.8 Å². The van der Waals surface area contributed by atoms with Crippen LogP contribution in [-0.4, -0.2) is 25.2 Å². The monoisotopic (exact) mass is 270 g/mol. The summed E-state index contributed by atoms with van der Waals surface area (Å²) in [6, 6.07) is 10.2. The molecule has 2 heterocycles. The van der Waals surface area contributed by atoms with E-state index >= 15 is 0 Å². The maximum absolute atomic E-state index is 5.66. The lowest BCUT2D eigenvalue weighted by atomic mass is 9.97. The van der Waals surface area contributed by atoms with Gasteiger partial charge in [-0.25, -0.2) is 0 Å². The highest BCUT2D eigenvalue weighted by Gasteiger charge is 2.18. The fourth-order valence-electron chi connectivity index (χ4n) is 2.54. The summed E-state index contributed by atoms with van der Waals surface area (Å²) in [6.45, 7) is 3.24. The van der Waals surface area contributed by atoms with Gasteiger partial charge >= 0.3 is 0 Å². The zero-order valence-electron chi connectivity index (χ0n) is 11.7. The quantitative estimate of drug-likeness (QED) is 0.930. The summed E-state index contributed by atoms with van der Waals surface area (Å²) in [6.07, 6.45) is 1.81. The molecule has 0 saturated carbocycles. The maximum Gasteiger partial charge on any atom is 0.161 e. The molecule has 0 radical (unpaired) electrons. The third kappa shape index (κ3) is 2.34. The van der Waals surface area contributed by atoms with E-state index in [1.165, 1.54) is 5.56 Å². The summed E-state index contributed by atoms with van der Waals surface area (Å²) in [5.74, 6) is 1.63. The minimum absolute atomic E-state index is 0.0968. The van der Waals surface area contributed by atoms with Gasteiger partial charge in [0.05, 0.1) is 6.04 Å². The number of benzene rings is 1. The molecule has 0 spiro atoms. The molecule has 20 heavy (non-hydrogen) atoms. The van der Waals surface area contributed by atoms with Crippen molar-refractivity contribution in [2.75, 3.05) is 20.3 Å². The fourth-order valence-corrected chi connectivity index (χ4v) is 2.54. The van der Waals surface area contributed by atoms with E-state index in [4.69, 9.17) is 9.47 Å². The van der Waals surface area contributed by atoms with Crippen molar-refractivity contribution in [3.8, 4) is 11.5 Å². The molecule has 104 valence electrons. The molecule has 1 unspecified atom stereocenters. The highest BCUT2D eigenvalue weighted by Crippen LogP contribution is 2.34. The number of hydrogen-bond acceptors (Lipinski definition) is 4. The van der Waals surface area contributed by atoms with Gasteiger partial charge in [-0.2, -0.15) is 0 Å². The van der Waals surface area contributed by atoms with Crippen molar-refractivity contribution in [1.82, 2.24) is 10.3 Å². The number of pyridine rings is 1. The highest BCUT2D eigenvalue weighted by molar-refractivity contribution is 5.47. The van der Waals surface area contributed by atoms with Crippen LogP contribution in [0.15, 0.2) is 36.5 Å². The van der Waals surface area contributed by atoms with Gasteiger partial charge < -0.3 is 14.8 Å². The van der Waals surface area contributed by atoms with Crippen molar-refractivity contribution >= 4 is 0 Å². The van der Waals surface area contributed by atoms with Crippen molar-refractivity contribution in [2.45, 2.75) is 13.0 Å². The molecule has 4 heteroatoms. The number of fused-ring (bicyclic) bond motifs is 1. The van der Waals surface area contributed by atoms with Gasteiger partial charge in [0.1, 0.15) is 13.2 Å². The van der Waals surface area contributed by atoms with Crippen LogP contribution in [0.1, 0.15) is 22.9 Å². The first-order chi connectivity index (χ1) is 9.79. The summed E-state index contributed by atoms with van der Waals surface area (Å²) in [7, 11) is 1.95. The Morgan fingerprint density at radius 3 is 2.70 bits per heavy atom. The SMILES string of the molecule is CNC(c1ccc2c(c1)OCCO2)c1cccnc1C. The standard InChI is InChI=1S/C16H18N2O2/c1-11-13(4-3-7-18-11)16(17-2)12-5-6-14-15(10-12)20-9-8-19-14/h3-7,10,16-17H,8-9H2,1-2H3. The Morgan fingerprint density at radius 2 is 1.95 bits per heavy atom. The van der Waals surface area contributed by atoms with Crippen LogP contribution in [0.2, 0.25) is 0 Å². The van der Waals surface area contributed by atoms with Crippen molar-refractivity contribution < 1.29 is 9.47 Å². The summed E-state index contributed by atoms with van der Waals surface area (Å²) in [5, 5.41) is 3.35. The Labute approximate surface area is 118 Å². The van der Waals surface area contributed by atoms with E-state index in [1.807, 2.05) is 38.4 Å². The number of hydrogen-bond donors (Lipinski definition) is 1. The van der Waals surface area contributed by atoms with E-state index in [1.54, 1.807) is 0 Å². The molecule has 1 aliphatic heterocycles. The van der Waals surface area contributed by atoms with Gasteiger partial charge in [-0.3, -0.25) is 4.98 Å². The third-order valence-corrected chi connectivity index (χ3v) is 3.55. The molecule has 1 aromatic carbocycles. The van der Waals surface area contributed by atoms with Gasteiger partial charge in [-0.15, -0.1) is 0 Å². The van der Waals surface area contributed by atoms with E-state index in [0.29, 0.717) is 13.2 Å². The number of aromatic nitrogens is 1. The molecule has 0 saturated heterocycles. The lowest BCUT2D eigenvalue weighted by Gasteiger charge is -2.23. The Morgan fingerprint density at radius 1 is 1.15 bits per heavy atom. The van der Waals surface area contributed by atoms with Gasteiger partial charge in [-0.1, -0.05) is 12.1 Å². The summed E-state index contributed by atoms with van der Waals surface area (Å²) in [5.41, 5.74) is 3.35. The van der Waals surface area contributed by atoms with Crippen LogP contribution in [0.4, 0.5) is 0 Å². The number of aryl methyl sites for hydroxylation is 1. The van der Waals surface area contributed by atoms with E-state index < -0.39 is 0 Å². The molecular weight excluding hydrogens is 252 g/mol. The maximum atomic E-state index is 5.66. The van der Waals surface area contributed by atoms with Crippen LogP contribution in [0, 0.1) is 6.92 Å². The van der Waals surface area contributed by atoms with Crippen molar-refractivity contribution in [3.05, 3.63) is 53.3 Å². The molecule has 3 rings (SSSR count). The van der Waals surface area contributed by atoms with Gasteiger partial charge in [0.15, 0.2) is 11.5 Å². The number of nitrogens with one attached hydrogen (secondary N) is 1. The second kappa shape index (κ2) is 5.51. The number of rotatable bonds is 3. The molecule has 0 amide bonds. The van der Waals surface area contributed by atoms with E-state index in [-0.39, 0.29) is 6.04 Å². The molecule has 1 N–H and O–H groups in total. The molecule has 1 aliphatic rings. The van der Waals surface area contributed by atoms with Gasteiger partial charge in [0, 0.05) is 11.9 Å². The Hall–Kier alpha value is -2.07. The Balaban J connectivity index is 1.99. The van der Waals surface area contributed by atoms with Gasteiger partial charge in [0.2, 0.25) is 0 Å². The third-order valence-electron chi connectivity index (χ3n) is 3.55. The molecule has 4 nitrogen and oxygen atoms in total. The Bertz CT molecular complexity index is 613. The largest absolute Gasteiger partial charge is 0.486 e. The zero-order valence-corrected chi connectivity index (χ0v) is 11.7. The minimum Gasteiger partial charge on any atom is -0.486 e. The first-order valence-corrected chi connectivity index (χ1v) is 6.78. The predicted molar refractivity (Wildman–Crippen MR) is 77.3 cm³/mol. The number of ether oxygens (including phenoxy) is 2. The smallest absolute Gasteiger partial charge is 0.161 e. The normalized spacial score (nSPS) is 14.9. The van der Waals surface area contributed by atoms with Gasteiger partial charge in [0.25, 0.3) is 0 Å². The van der Waals surface area contributed by atoms with Crippen molar-refractivity contribution in [1.29, 1.82) is 0 Å². The molecule has 0 aliphatic carbocycles. The van der Waals surface area contributed by atoms with Crippen molar-refractivity contribution in [2.24, 2.45) is 0 Å². The first kappa shape index (κ1) is 12.9. The molecule has 0 bridgehead atoms.